The lowest BCUT2D eigenvalue weighted by molar-refractivity contribution is 0.317. The minimum atomic E-state index is 0.752. The Labute approximate surface area is 131 Å². The summed E-state index contributed by atoms with van der Waals surface area (Å²) in [4.78, 5) is 0. The van der Waals surface area contributed by atoms with Crippen molar-refractivity contribution < 1.29 is 4.74 Å². The Balaban J connectivity index is 1.74. The van der Waals surface area contributed by atoms with E-state index in [1.54, 1.807) is 0 Å². The van der Waals surface area contributed by atoms with Gasteiger partial charge >= 0.3 is 0 Å². The Morgan fingerprint density at radius 3 is 2.38 bits per heavy atom. The second-order valence-electron chi connectivity index (χ2n) is 4.74. The molecule has 2 aromatic carbocycles. The molecule has 0 aliphatic rings. The standard InChI is InChI=1S/C17H21ClN2O/c1-2-12-21-17-5-3-4-16(13-17)20-11-10-19-15-8-6-14(18)7-9-15/h3-9,13,19-20H,2,10-12H2,1H3. The predicted molar refractivity (Wildman–Crippen MR) is 90.7 cm³/mol. The van der Waals surface area contributed by atoms with Crippen molar-refractivity contribution in [3.63, 3.8) is 0 Å². The molecule has 21 heavy (non-hydrogen) atoms. The van der Waals surface area contributed by atoms with Gasteiger partial charge in [-0.15, -0.1) is 0 Å². The summed E-state index contributed by atoms with van der Waals surface area (Å²) in [7, 11) is 0. The van der Waals surface area contributed by atoms with Gasteiger partial charge in [0.05, 0.1) is 6.61 Å². The first kappa shape index (κ1) is 15.5. The van der Waals surface area contributed by atoms with Gasteiger partial charge in [-0.3, -0.25) is 0 Å². The van der Waals surface area contributed by atoms with Gasteiger partial charge in [0.15, 0.2) is 0 Å². The molecule has 0 aliphatic heterocycles. The molecule has 0 aromatic heterocycles. The molecule has 2 N–H and O–H groups in total. The highest BCUT2D eigenvalue weighted by molar-refractivity contribution is 6.30. The van der Waals surface area contributed by atoms with Gasteiger partial charge in [0.25, 0.3) is 0 Å². The molecule has 0 saturated heterocycles. The van der Waals surface area contributed by atoms with Gasteiger partial charge in [-0.05, 0) is 42.8 Å². The molecule has 0 atom stereocenters. The lowest BCUT2D eigenvalue weighted by Gasteiger charge is -2.10. The smallest absolute Gasteiger partial charge is 0.121 e. The number of ether oxygens (including phenoxy) is 1. The Hall–Kier alpha value is -1.87. The van der Waals surface area contributed by atoms with Crippen molar-refractivity contribution in [2.24, 2.45) is 0 Å². The fraction of sp³-hybridized carbons (Fsp3) is 0.294. The van der Waals surface area contributed by atoms with E-state index in [-0.39, 0.29) is 0 Å². The normalized spacial score (nSPS) is 10.2. The highest BCUT2D eigenvalue weighted by Gasteiger charge is 1.96. The molecule has 0 radical (unpaired) electrons. The molecule has 4 heteroatoms. The minimum Gasteiger partial charge on any atom is -0.494 e. The number of nitrogens with one attached hydrogen (secondary N) is 2. The van der Waals surface area contributed by atoms with Crippen LogP contribution in [0.3, 0.4) is 0 Å². The van der Waals surface area contributed by atoms with E-state index in [1.165, 1.54) is 0 Å². The summed E-state index contributed by atoms with van der Waals surface area (Å²) in [5, 5.41) is 7.47. The summed E-state index contributed by atoms with van der Waals surface area (Å²) in [6, 6.07) is 15.8. The second-order valence-corrected chi connectivity index (χ2v) is 5.17. The largest absolute Gasteiger partial charge is 0.494 e. The molecule has 2 rings (SSSR count). The van der Waals surface area contributed by atoms with Gasteiger partial charge in [-0.25, -0.2) is 0 Å². The Kier molecular flexibility index (Phi) is 6.22. The van der Waals surface area contributed by atoms with Crippen molar-refractivity contribution in [1.82, 2.24) is 0 Å². The molecule has 0 heterocycles. The lowest BCUT2D eigenvalue weighted by Crippen LogP contribution is -2.13. The van der Waals surface area contributed by atoms with Crippen LogP contribution < -0.4 is 15.4 Å². The maximum Gasteiger partial charge on any atom is 0.121 e. The van der Waals surface area contributed by atoms with Crippen molar-refractivity contribution in [3.8, 4) is 5.75 Å². The lowest BCUT2D eigenvalue weighted by atomic mass is 10.3. The predicted octanol–water partition coefficient (Wildman–Crippen LogP) is 4.65. The number of benzene rings is 2. The molecule has 0 spiro atoms. The van der Waals surface area contributed by atoms with Gasteiger partial charge in [0, 0.05) is 35.6 Å². The number of hydrogen-bond donors (Lipinski definition) is 2. The molecule has 0 unspecified atom stereocenters. The number of halogens is 1. The van der Waals surface area contributed by atoms with Crippen LogP contribution in [0.5, 0.6) is 5.75 Å². The van der Waals surface area contributed by atoms with Gasteiger partial charge in [-0.1, -0.05) is 24.6 Å². The van der Waals surface area contributed by atoms with E-state index < -0.39 is 0 Å². The van der Waals surface area contributed by atoms with Gasteiger partial charge in [0.2, 0.25) is 0 Å². The van der Waals surface area contributed by atoms with E-state index in [2.05, 4.69) is 17.6 Å². The molecule has 0 bridgehead atoms. The van der Waals surface area contributed by atoms with E-state index in [0.29, 0.717) is 0 Å². The molecular weight excluding hydrogens is 284 g/mol. The van der Waals surface area contributed by atoms with E-state index in [0.717, 1.165) is 48.3 Å². The topological polar surface area (TPSA) is 33.3 Å². The maximum absolute atomic E-state index is 5.85. The molecule has 0 fully saturated rings. The maximum atomic E-state index is 5.85. The summed E-state index contributed by atoms with van der Waals surface area (Å²) < 4.78 is 5.61. The molecular formula is C17H21ClN2O. The van der Waals surface area contributed by atoms with Gasteiger partial charge in [0.1, 0.15) is 5.75 Å². The average molecular weight is 305 g/mol. The van der Waals surface area contributed by atoms with Crippen LogP contribution in [0.1, 0.15) is 13.3 Å². The SMILES string of the molecule is CCCOc1cccc(NCCNc2ccc(Cl)cc2)c1. The molecule has 0 saturated carbocycles. The summed E-state index contributed by atoms with van der Waals surface area (Å²) in [6.45, 7) is 4.52. The molecule has 3 nitrogen and oxygen atoms in total. The van der Waals surface area contributed by atoms with Crippen molar-refractivity contribution in [2.75, 3.05) is 30.3 Å². The third-order valence-corrected chi connectivity index (χ3v) is 3.19. The van der Waals surface area contributed by atoms with Crippen molar-refractivity contribution in [2.45, 2.75) is 13.3 Å². The summed E-state index contributed by atoms with van der Waals surface area (Å²) >= 11 is 5.85. The van der Waals surface area contributed by atoms with Crippen LogP contribution in [0.4, 0.5) is 11.4 Å². The quantitative estimate of drug-likeness (QED) is 0.696. The van der Waals surface area contributed by atoms with E-state index in [1.807, 2.05) is 48.5 Å². The first-order chi connectivity index (χ1) is 10.3. The van der Waals surface area contributed by atoms with Crippen LogP contribution in [0.2, 0.25) is 5.02 Å². The van der Waals surface area contributed by atoms with Gasteiger partial charge in [-0.2, -0.15) is 0 Å². The second kappa shape index (κ2) is 8.42. The molecule has 0 aliphatic carbocycles. The summed E-state index contributed by atoms with van der Waals surface area (Å²) in [6.07, 6.45) is 1.02. The fourth-order valence-corrected chi connectivity index (χ4v) is 2.02. The Morgan fingerprint density at radius 2 is 1.67 bits per heavy atom. The van der Waals surface area contributed by atoms with E-state index >= 15 is 0 Å². The zero-order valence-electron chi connectivity index (χ0n) is 12.2. The Morgan fingerprint density at radius 1 is 0.952 bits per heavy atom. The van der Waals surface area contributed by atoms with Crippen LogP contribution in [0, 0.1) is 0 Å². The van der Waals surface area contributed by atoms with Crippen LogP contribution >= 0.6 is 11.6 Å². The highest BCUT2D eigenvalue weighted by atomic mass is 35.5. The molecule has 112 valence electrons. The first-order valence-electron chi connectivity index (χ1n) is 7.24. The summed E-state index contributed by atoms with van der Waals surface area (Å²) in [5.41, 5.74) is 2.14. The first-order valence-corrected chi connectivity index (χ1v) is 7.62. The van der Waals surface area contributed by atoms with Crippen molar-refractivity contribution >= 4 is 23.0 Å². The van der Waals surface area contributed by atoms with Crippen LogP contribution in [0.25, 0.3) is 0 Å². The minimum absolute atomic E-state index is 0.752. The fourth-order valence-electron chi connectivity index (χ4n) is 1.90. The van der Waals surface area contributed by atoms with Crippen molar-refractivity contribution in [3.05, 3.63) is 53.6 Å². The van der Waals surface area contributed by atoms with Crippen LogP contribution in [-0.4, -0.2) is 19.7 Å². The highest BCUT2D eigenvalue weighted by Crippen LogP contribution is 2.17. The van der Waals surface area contributed by atoms with Crippen LogP contribution in [0.15, 0.2) is 48.5 Å². The Bertz CT molecular complexity index is 543. The zero-order chi connectivity index (χ0) is 14.9. The number of rotatable bonds is 8. The third kappa shape index (κ3) is 5.56. The van der Waals surface area contributed by atoms with Crippen molar-refractivity contribution in [1.29, 1.82) is 0 Å². The molecule has 2 aromatic rings. The van der Waals surface area contributed by atoms with Gasteiger partial charge < -0.3 is 15.4 Å². The summed E-state index contributed by atoms with van der Waals surface area (Å²) in [5.74, 6) is 0.910. The number of hydrogen-bond acceptors (Lipinski definition) is 3. The van der Waals surface area contributed by atoms with Crippen LogP contribution in [-0.2, 0) is 0 Å². The zero-order valence-corrected chi connectivity index (χ0v) is 13.0. The number of anilines is 2. The van der Waals surface area contributed by atoms with E-state index in [4.69, 9.17) is 16.3 Å². The molecule has 0 amide bonds. The third-order valence-electron chi connectivity index (χ3n) is 2.93. The monoisotopic (exact) mass is 304 g/mol. The van der Waals surface area contributed by atoms with E-state index in [9.17, 15) is 0 Å². The average Bonchev–Trinajstić information content (AvgIpc) is 2.52.